The van der Waals surface area contributed by atoms with Crippen LogP contribution in [0.1, 0.15) is 12.0 Å². The third kappa shape index (κ3) is 1.93. The Morgan fingerprint density at radius 1 is 1.31 bits per heavy atom. The number of benzene rings is 1. The normalized spacial score (nSPS) is 20.4. The first-order valence-electron chi connectivity index (χ1n) is 5.96. The van der Waals surface area contributed by atoms with Gasteiger partial charge in [-0.3, -0.25) is 4.98 Å². The summed E-state index contributed by atoms with van der Waals surface area (Å²) in [6, 6.07) is 10.6. The van der Waals surface area contributed by atoms with Gasteiger partial charge in [0, 0.05) is 11.6 Å². The monoisotopic (exact) mass is 212 g/mol. The van der Waals surface area contributed by atoms with E-state index in [0.29, 0.717) is 0 Å². The van der Waals surface area contributed by atoms with E-state index in [-0.39, 0.29) is 0 Å². The van der Waals surface area contributed by atoms with Crippen LogP contribution < -0.4 is 5.32 Å². The van der Waals surface area contributed by atoms with Crippen LogP contribution in [0.15, 0.2) is 36.5 Å². The summed E-state index contributed by atoms with van der Waals surface area (Å²) in [5, 5.41) is 4.66. The highest BCUT2D eigenvalue weighted by Gasteiger charge is 2.14. The highest BCUT2D eigenvalue weighted by atomic mass is 14.9. The Hall–Kier alpha value is -1.41. The molecule has 16 heavy (non-hydrogen) atoms. The summed E-state index contributed by atoms with van der Waals surface area (Å²) in [5.74, 6) is 0.794. The summed E-state index contributed by atoms with van der Waals surface area (Å²) < 4.78 is 0. The van der Waals surface area contributed by atoms with Crippen LogP contribution in [-0.4, -0.2) is 18.1 Å². The Kier molecular flexibility index (Phi) is 2.58. The van der Waals surface area contributed by atoms with Gasteiger partial charge in [0.2, 0.25) is 0 Å². The molecule has 0 saturated carbocycles. The van der Waals surface area contributed by atoms with Crippen LogP contribution in [0, 0.1) is 5.92 Å². The molecule has 1 aliphatic heterocycles. The quantitative estimate of drug-likeness (QED) is 0.826. The second-order valence-corrected chi connectivity index (χ2v) is 4.60. The van der Waals surface area contributed by atoms with Gasteiger partial charge in [0.15, 0.2) is 0 Å². The number of pyridine rings is 1. The molecule has 1 atom stereocenters. The SMILES string of the molecule is c1ccc2ncc(CC3CCNC3)cc2c1. The van der Waals surface area contributed by atoms with Crippen LogP contribution in [0.5, 0.6) is 0 Å². The predicted molar refractivity (Wildman–Crippen MR) is 66.4 cm³/mol. The lowest BCUT2D eigenvalue weighted by Gasteiger charge is -2.08. The number of hydrogen-bond donors (Lipinski definition) is 1. The van der Waals surface area contributed by atoms with Crippen molar-refractivity contribution < 1.29 is 0 Å². The minimum atomic E-state index is 0.794. The molecule has 82 valence electrons. The van der Waals surface area contributed by atoms with E-state index in [1.807, 2.05) is 12.3 Å². The summed E-state index contributed by atoms with van der Waals surface area (Å²) in [5.41, 5.74) is 2.46. The highest BCUT2D eigenvalue weighted by Crippen LogP contribution is 2.18. The van der Waals surface area contributed by atoms with Gasteiger partial charge in [-0.15, -0.1) is 0 Å². The van der Waals surface area contributed by atoms with E-state index in [2.05, 4.69) is 34.6 Å². The third-order valence-corrected chi connectivity index (χ3v) is 3.33. The second kappa shape index (κ2) is 4.22. The van der Waals surface area contributed by atoms with E-state index in [9.17, 15) is 0 Å². The lowest BCUT2D eigenvalue weighted by molar-refractivity contribution is 0.579. The Balaban J connectivity index is 1.86. The average Bonchev–Trinajstić information content (AvgIpc) is 2.82. The lowest BCUT2D eigenvalue weighted by atomic mass is 9.99. The van der Waals surface area contributed by atoms with Gasteiger partial charge in [0.1, 0.15) is 0 Å². The Bertz CT molecular complexity index is 487. The molecule has 0 aliphatic carbocycles. The molecule has 2 nitrogen and oxygen atoms in total. The molecule has 1 fully saturated rings. The molecule has 0 bridgehead atoms. The van der Waals surface area contributed by atoms with Crippen LogP contribution >= 0.6 is 0 Å². The molecule has 1 saturated heterocycles. The van der Waals surface area contributed by atoms with Crippen molar-refractivity contribution in [3.63, 3.8) is 0 Å². The van der Waals surface area contributed by atoms with Crippen LogP contribution in [0.4, 0.5) is 0 Å². The van der Waals surface area contributed by atoms with Crippen molar-refractivity contribution in [2.75, 3.05) is 13.1 Å². The first-order valence-corrected chi connectivity index (χ1v) is 5.96. The molecule has 1 aromatic heterocycles. The van der Waals surface area contributed by atoms with Crippen LogP contribution in [0.25, 0.3) is 10.9 Å². The van der Waals surface area contributed by atoms with Crippen molar-refractivity contribution in [1.29, 1.82) is 0 Å². The van der Waals surface area contributed by atoms with Gasteiger partial charge in [0.05, 0.1) is 5.52 Å². The van der Waals surface area contributed by atoms with Crippen molar-refractivity contribution in [3.8, 4) is 0 Å². The molecule has 3 rings (SSSR count). The lowest BCUT2D eigenvalue weighted by Crippen LogP contribution is -2.10. The predicted octanol–water partition coefficient (Wildman–Crippen LogP) is 2.39. The maximum Gasteiger partial charge on any atom is 0.0702 e. The molecule has 2 heterocycles. The first kappa shape index (κ1) is 9.79. The minimum Gasteiger partial charge on any atom is -0.316 e. The van der Waals surface area contributed by atoms with Crippen molar-refractivity contribution in [3.05, 3.63) is 42.1 Å². The van der Waals surface area contributed by atoms with E-state index in [0.717, 1.165) is 24.4 Å². The molecule has 1 aliphatic rings. The van der Waals surface area contributed by atoms with Gasteiger partial charge in [0.25, 0.3) is 0 Å². The summed E-state index contributed by atoms with van der Waals surface area (Å²) in [6.07, 6.45) is 4.48. The first-order chi connectivity index (χ1) is 7.92. The maximum absolute atomic E-state index is 4.50. The van der Waals surface area contributed by atoms with Gasteiger partial charge >= 0.3 is 0 Å². The van der Waals surface area contributed by atoms with Crippen LogP contribution in [0.3, 0.4) is 0 Å². The molecule has 0 radical (unpaired) electrons. The van der Waals surface area contributed by atoms with E-state index < -0.39 is 0 Å². The zero-order chi connectivity index (χ0) is 10.8. The fraction of sp³-hybridized carbons (Fsp3) is 0.357. The van der Waals surface area contributed by atoms with Gasteiger partial charge in [-0.05, 0) is 49.5 Å². The average molecular weight is 212 g/mol. The number of para-hydroxylation sites is 1. The largest absolute Gasteiger partial charge is 0.316 e. The Labute approximate surface area is 95.7 Å². The number of rotatable bonds is 2. The summed E-state index contributed by atoms with van der Waals surface area (Å²) in [7, 11) is 0. The number of hydrogen-bond acceptors (Lipinski definition) is 2. The van der Waals surface area contributed by atoms with Crippen molar-refractivity contribution >= 4 is 10.9 Å². The van der Waals surface area contributed by atoms with Gasteiger partial charge in [-0.25, -0.2) is 0 Å². The third-order valence-electron chi connectivity index (χ3n) is 3.33. The number of fused-ring (bicyclic) bond motifs is 1. The van der Waals surface area contributed by atoms with Crippen LogP contribution in [-0.2, 0) is 6.42 Å². The van der Waals surface area contributed by atoms with E-state index in [1.54, 1.807) is 0 Å². The molecule has 0 amide bonds. The highest BCUT2D eigenvalue weighted by molar-refractivity contribution is 5.78. The van der Waals surface area contributed by atoms with Crippen LogP contribution in [0.2, 0.25) is 0 Å². The van der Waals surface area contributed by atoms with E-state index in [1.165, 1.54) is 23.9 Å². The number of aromatic nitrogens is 1. The number of nitrogens with zero attached hydrogens (tertiary/aromatic N) is 1. The summed E-state index contributed by atoms with van der Waals surface area (Å²) >= 11 is 0. The van der Waals surface area contributed by atoms with Crippen molar-refractivity contribution in [2.24, 2.45) is 5.92 Å². The minimum absolute atomic E-state index is 0.794. The molecule has 2 aromatic rings. The molecule has 2 heteroatoms. The molecule has 1 unspecified atom stereocenters. The molecule has 0 spiro atoms. The second-order valence-electron chi connectivity index (χ2n) is 4.60. The van der Waals surface area contributed by atoms with E-state index in [4.69, 9.17) is 0 Å². The smallest absolute Gasteiger partial charge is 0.0702 e. The zero-order valence-electron chi connectivity index (χ0n) is 9.32. The zero-order valence-corrected chi connectivity index (χ0v) is 9.32. The van der Waals surface area contributed by atoms with Gasteiger partial charge < -0.3 is 5.32 Å². The molecular weight excluding hydrogens is 196 g/mol. The van der Waals surface area contributed by atoms with Gasteiger partial charge in [-0.2, -0.15) is 0 Å². The summed E-state index contributed by atoms with van der Waals surface area (Å²) in [4.78, 5) is 4.50. The molecule has 1 N–H and O–H groups in total. The Morgan fingerprint density at radius 2 is 2.25 bits per heavy atom. The Morgan fingerprint density at radius 3 is 3.12 bits per heavy atom. The van der Waals surface area contributed by atoms with Crippen molar-refractivity contribution in [2.45, 2.75) is 12.8 Å². The standard InChI is InChI=1S/C14H16N2/c1-2-4-14-13(3-1)8-12(10-16-14)7-11-5-6-15-9-11/h1-4,8,10-11,15H,5-7,9H2. The van der Waals surface area contributed by atoms with Gasteiger partial charge in [-0.1, -0.05) is 18.2 Å². The van der Waals surface area contributed by atoms with E-state index >= 15 is 0 Å². The topological polar surface area (TPSA) is 24.9 Å². The maximum atomic E-state index is 4.50. The fourth-order valence-corrected chi connectivity index (χ4v) is 2.45. The van der Waals surface area contributed by atoms with Crippen molar-refractivity contribution in [1.82, 2.24) is 10.3 Å². The molecular formula is C14H16N2. The molecule has 1 aromatic carbocycles. The fourth-order valence-electron chi connectivity index (χ4n) is 2.45. The summed E-state index contributed by atoms with van der Waals surface area (Å²) in [6.45, 7) is 2.33. The number of nitrogens with one attached hydrogen (secondary N) is 1.